The molecule has 0 saturated carbocycles. The lowest BCUT2D eigenvalue weighted by molar-refractivity contribution is -0.144. The first kappa shape index (κ1) is 30.6. The van der Waals surface area contributed by atoms with Gasteiger partial charge in [0.15, 0.2) is 16.7 Å². The van der Waals surface area contributed by atoms with E-state index in [1.807, 2.05) is 53.1 Å². The Balaban J connectivity index is 1.62. The van der Waals surface area contributed by atoms with Gasteiger partial charge in [-0.1, -0.05) is 62.0 Å². The molecule has 10 heteroatoms. The number of nitrogens with zero attached hydrogens (tertiary/aromatic N) is 2. The van der Waals surface area contributed by atoms with Gasteiger partial charge in [-0.25, -0.2) is 14.2 Å². The lowest BCUT2D eigenvalue weighted by atomic mass is 9.81. The summed E-state index contributed by atoms with van der Waals surface area (Å²) in [5, 5.41) is 3.33. The summed E-state index contributed by atoms with van der Waals surface area (Å²) in [4.78, 5) is 30.1. The number of rotatable bonds is 12. The maximum atomic E-state index is 13.9. The smallest absolute Gasteiger partial charge is 0.328 e. The number of hydrogen-bond donors (Lipinski definition) is 1. The fraction of sp³-hybridized carbons (Fsp3) is 0.281. The number of carbonyl (C=O) groups excluding carboxylic acids is 2. The molecule has 1 unspecified atom stereocenters. The Morgan fingerprint density at radius 1 is 0.976 bits per heavy atom. The first-order valence-electron chi connectivity index (χ1n) is 13.3. The van der Waals surface area contributed by atoms with E-state index in [1.165, 1.54) is 31.0 Å². The normalized spacial score (nSPS) is 12.0. The van der Waals surface area contributed by atoms with E-state index in [4.69, 9.17) is 14.2 Å². The number of imidazole rings is 1. The van der Waals surface area contributed by atoms with Crippen LogP contribution in [0.15, 0.2) is 84.1 Å². The molecule has 1 N–H and O–H groups in total. The van der Waals surface area contributed by atoms with Gasteiger partial charge in [-0.3, -0.25) is 9.36 Å². The molecule has 0 saturated heterocycles. The van der Waals surface area contributed by atoms with E-state index in [-0.39, 0.29) is 17.5 Å². The highest BCUT2D eigenvalue weighted by atomic mass is 32.2. The van der Waals surface area contributed by atoms with Crippen LogP contribution in [0, 0.1) is 5.82 Å². The summed E-state index contributed by atoms with van der Waals surface area (Å²) in [6, 6.07) is 20.4. The lowest BCUT2D eigenvalue weighted by Gasteiger charge is -2.28. The van der Waals surface area contributed by atoms with Crippen LogP contribution < -0.4 is 14.8 Å². The quantitative estimate of drug-likeness (QED) is 0.176. The average molecular weight is 592 g/mol. The Hall–Kier alpha value is -4.31. The van der Waals surface area contributed by atoms with Crippen LogP contribution >= 0.6 is 11.8 Å². The molecule has 1 amide bonds. The summed E-state index contributed by atoms with van der Waals surface area (Å²) < 4.78 is 31.6. The van der Waals surface area contributed by atoms with Gasteiger partial charge >= 0.3 is 5.97 Å². The third-order valence-electron chi connectivity index (χ3n) is 7.00. The number of nitrogens with one attached hydrogen (secondary N) is 1. The second-order valence-corrected chi connectivity index (χ2v) is 11.0. The molecule has 4 aromatic rings. The number of carbonyl (C=O) groups is 2. The topological polar surface area (TPSA) is 91.7 Å². The van der Waals surface area contributed by atoms with Gasteiger partial charge < -0.3 is 19.5 Å². The summed E-state index contributed by atoms with van der Waals surface area (Å²) >= 11 is 1.22. The molecule has 8 nitrogen and oxygen atoms in total. The zero-order chi connectivity index (χ0) is 30.3. The summed E-state index contributed by atoms with van der Waals surface area (Å²) in [5.74, 6) is -0.0247. The van der Waals surface area contributed by atoms with E-state index in [9.17, 15) is 14.0 Å². The van der Waals surface area contributed by atoms with Gasteiger partial charge in [0.05, 0.1) is 39.0 Å². The number of thioether (sulfide) groups is 1. The number of esters is 1. The summed E-state index contributed by atoms with van der Waals surface area (Å²) in [6.45, 7) is 4.11. The van der Waals surface area contributed by atoms with Crippen molar-refractivity contribution in [2.45, 2.75) is 36.9 Å². The Bertz CT molecular complexity index is 1520. The first-order valence-corrected chi connectivity index (χ1v) is 14.3. The van der Waals surface area contributed by atoms with Gasteiger partial charge in [0.2, 0.25) is 5.91 Å². The first-order chi connectivity index (χ1) is 20.2. The SMILES string of the molecule is COC(=O)C(Cc1ccccc1)NC(=O)CSc1ncc(C(C)(C)c2ccc(OC)c(OC)c2)n1-c1ccc(F)cc1. The fourth-order valence-electron chi connectivity index (χ4n) is 4.64. The van der Waals surface area contributed by atoms with Crippen LogP contribution in [-0.2, 0) is 26.2 Å². The van der Waals surface area contributed by atoms with Crippen LogP contribution in [0.1, 0.15) is 30.7 Å². The minimum absolute atomic E-state index is 0.00325. The van der Waals surface area contributed by atoms with E-state index >= 15 is 0 Å². The molecule has 0 aliphatic carbocycles. The lowest BCUT2D eigenvalue weighted by Crippen LogP contribution is -2.43. The molecule has 1 aromatic heterocycles. The van der Waals surface area contributed by atoms with Gasteiger partial charge in [-0.05, 0) is 47.5 Å². The minimum atomic E-state index is -0.832. The maximum absolute atomic E-state index is 13.9. The molecule has 3 aromatic carbocycles. The average Bonchev–Trinajstić information content (AvgIpc) is 3.44. The number of amides is 1. The number of hydrogen-bond acceptors (Lipinski definition) is 7. The van der Waals surface area contributed by atoms with E-state index in [2.05, 4.69) is 24.1 Å². The van der Waals surface area contributed by atoms with Gasteiger partial charge in [-0.15, -0.1) is 0 Å². The van der Waals surface area contributed by atoms with E-state index in [0.717, 1.165) is 16.8 Å². The van der Waals surface area contributed by atoms with Gasteiger partial charge in [0.1, 0.15) is 11.9 Å². The number of benzene rings is 3. The zero-order valence-corrected chi connectivity index (χ0v) is 25.0. The van der Waals surface area contributed by atoms with Crippen LogP contribution in [-0.4, -0.2) is 54.6 Å². The number of aromatic nitrogens is 2. The summed E-state index contributed by atoms with van der Waals surface area (Å²) in [7, 11) is 4.46. The van der Waals surface area contributed by atoms with Crippen molar-refractivity contribution in [1.82, 2.24) is 14.9 Å². The predicted octanol–water partition coefficient (Wildman–Crippen LogP) is 5.35. The molecular formula is C32H34FN3O5S. The standard InChI is InChI=1S/C32H34FN3O5S/c1-32(2,22-11-16-26(39-3)27(18-22)40-4)28-19-34-31(36(28)24-14-12-23(33)13-15-24)42-20-29(37)35-25(30(38)41-5)17-21-9-7-6-8-10-21/h6-16,18-19,25H,17,20H2,1-5H3,(H,35,37). The molecule has 0 spiro atoms. The van der Waals surface area contributed by atoms with Crippen molar-refractivity contribution in [3.63, 3.8) is 0 Å². The predicted molar refractivity (Wildman–Crippen MR) is 160 cm³/mol. The molecule has 1 heterocycles. The number of ether oxygens (including phenoxy) is 3. The fourth-order valence-corrected chi connectivity index (χ4v) is 5.45. The van der Waals surface area contributed by atoms with Gasteiger partial charge in [0.25, 0.3) is 0 Å². The Kier molecular flexibility index (Phi) is 9.90. The summed E-state index contributed by atoms with van der Waals surface area (Å²) in [6.07, 6.45) is 2.06. The van der Waals surface area contributed by atoms with Crippen molar-refractivity contribution in [2.75, 3.05) is 27.1 Å². The Labute approximate surface area is 249 Å². The molecule has 42 heavy (non-hydrogen) atoms. The van der Waals surface area contributed by atoms with E-state index in [1.54, 1.807) is 32.5 Å². The Morgan fingerprint density at radius 2 is 1.67 bits per heavy atom. The molecule has 220 valence electrons. The van der Waals surface area contributed by atoms with E-state index in [0.29, 0.717) is 28.8 Å². The van der Waals surface area contributed by atoms with Gasteiger partial charge in [0, 0.05) is 17.5 Å². The second-order valence-electron chi connectivity index (χ2n) is 10.1. The number of halogens is 1. The Morgan fingerprint density at radius 3 is 2.31 bits per heavy atom. The summed E-state index contributed by atoms with van der Waals surface area (Å²) in [5.41, 5.74) is 2.78. The van der Waals surface area contributed by atoms with Crippen LogP contribution in [0.3, 0.4) is 0 Å². The molecule has 0 aliphatic rings. The highest BCUT2D eigenvalue weighted by Crippen LogP contribution is 2.39. The maximum Gasteiger partial charge on any atom is 0.328 e. The third kappa shape index (κ3) is 6.94. The van der Waals surface area contributed by atoms with Crippen molar-refractivity contribution in [1.29, 1.82) is 0 Å². The molecule has 4 rings (SSSR count). The molecule has 0 fully saturated rings. The largest absolute Gasteiger partial charge is 0.493 e. The molecule has 1 atom stereocenters. The van der Waals surface area contributed by atoms with Crippen LogP contribution in [0.4, 0.5) is 4.39 Å². The van der Waals surface area contributed by atoms with Crippen molar-refractivity contribution in [3.8, 4) is 17.2 Å². The van der Waals surface area contributed by atoms with Crippen LogP contribution in [0.25, 0.3) is 5.69 Å². The highest BCUT2D eigenvalue weighted by molar-refractivity contribution is 7.99. The van der Waals surface area contributed by atoms with Crippen molar-refractivity contribution in [3.05, 3.63) is 102 Å². The highest BCUT2D eigenvalue weighted by Gasteiger charge is 2.31. The molecular weight excluding hydrogens is 557 g/mol. The van der Waals surface area contributed by atoms with Crippen molar-refractivity contribution >= 4 is 23.6 Å². The molecule has 0 radical (unpaired) electrons. The minimum Gasteiger partial charge on any atom is -0.493 e. The van der Waals surface area contributed by atoms with Crippen LogP contribution in [0.2, 0.25) is 0 Å². The second kappa shape index (κ2) is 13.6. The zero-order valence-electron chi connectivity index (χ0n) is 24.2. The molecule has 0 bridgehead atoms. The number of methoxy groups -OCH3 is 3. The van der Waals surface area contributed by atoms with E-state index < -0.39 is 17.4 Å². The monoisotopic (exact) mass is 591 g/mol. The molecule has 0 aliphatic heterocycles. The van der Waals surface area contributed by atoms with Gasteiger partial charge in [-0.2, -0.15) is 0 Å². The third-order valence-corrected chi connectivity index (χ3v) is 7.95. The van der Waals surface area contributed by atoms with Crippen LogP contribution in [0.5, 0.6) is 11.5 Å². The van der Waals surface area contributed by atoms with Crippen molar-refractivity contribution < 1.29 is 28.2 Å². The van der Waals surface area contributed by atoms with Crippen molar-refractivity contribution in [2.24, 2.45) is 0 Å².